The summed E-state index contributed by atoms with van der Waals surface area (Å²) >= 11 is 5.35. The van der Waals surface area contributed by atoms with Crippen molar-refractivity contribution in [2.24, 2.45) is 0 Å². The molecule has 1 aliphatic rings. The summed E-state index contributed by atoms with van der Waals surface area (Å²) in [6, 6.07) is 3.71. The van der Waals surface area contributed by atoms with Crippen LogP contribution in [0.2, 0.25) is 0 Å². The molecule has 0 amide bonds. The van der Waals surface area contributed by atoms with Gasteiger partial charge in [0.2, 0.25) is 0 Å². The second-order valence-corrected chi connectivity index (χ2v) is 7.35. The zero-order valence-electron chi connectivity index (χ0n) is 11.8. The van der Waals surface area contributed by atoms with Crippen molar-refractivity contribution in [2.75, 3.05) is 13.2 Å². The van der Waals surface area contributed by atoms with E-state index in [-0.39, 0.29) is 5.56 Å². The molecular formula is C15H17BrN2O2S. The van der Waals surface area contributed by atoms with E-state index in [2.05, 4.69) is 25.9 Å². The van der Waals surface area contributed by atoms with Gasteiger partial charge in [-0.1, -0.05) is 15.9 Å². The Balaban J connectivity index is 1.85. The Hall–Kier alpha value is -0.850. The third kappa shape index (κ3) is 3.33. The summed E-state index contributed by atoms with van der Waals surface area (Å²) in [4.78, 5) is 19.7. The van der Waals surface area contributed by atoms with E-state index < -0.39 is 0 Å². The molecule has 0 saturated carbocycles. The average molecular weight is 369 g/mol. The molecule has 112 valence electrons. The Morgan fingerprint density at radius 3 is 2.95 bits per heavy atom. The maximum atomic E-state index is 12.2. The van der Waals surface area contributed by atoms with E-state index in [9.17, 15) is 4.79 Å². The average Bonchev–Trinajstić information content (AvgIpc) is 2.50. The molecule has 21 heavy (non-hydrogen) atoms. The van der Waals surface area contributed by atoms with Crippen molar-refractivity contribution >= 4 is 38.6 Å². The lowest BCUT2D eigenvalue weighted by molar-refractivity contribution is 0.1000. The molecule has 2 heterocycles. The lowest BCUT2D eigenvalue weighted by atomic mass is 10.1. The van der Waals surface area contributed by atoms with Crippen LogP contribution in [0, 0.1) is 6.92 Å². The Kier molecular flexibility index (Phi) is 4.66. The molecule has 0 bridgehead atoms. The molecule has 3 rings (SSSR count). The number of aryl methyl sites for hydroxylation is 1. The molecule has 6 heteroatoms. The maximum Gasteiger partial charge on any atom is 0.258 e. The maximum absolute atomic E-state index is 12.2. The molecule has 2 aromatic rings. The zero-order chi connectivity index (χ0) is 14.8. The van der Waals surface area contributed by atoms with Crippen molar-refractivity contribution in [2.45, 2.75) is 30.8 Å². The smallest absolute Gasteiger partial charge is 0.258 e. The van der Waals surface area contributed by atoms with Gasteiger partial charge in [-0.05, 0) is 37.5 Å². The molecule has 1 aromatic heterocycles. The quantitative estimate of drug-likeness (QED) is 0.901. The summed E-state index contributed by atoms with van der Waals surface area (Å²) in [7, 11) is 0. The molecule has 0 unspecified atom stereocenters. The van der Waals surface area contributed by atoms with Gasteiger partial charge in [-0.25, -0.2) is 4.98 Å². The van der Waals surface area contributed by atoms with Crippen LogP contribution in [-0.2, 0) is 10.5 Å². The Labute approximate surface area is 135 Å². The Bertz CT molecular complexity index is 711. The third-order valence-electron chi connectivity index (χ3n) is 3.74. The van der Waals surface area contributed by atoms with Crippen molar-refractivity contribution in [3.63, 3.8) is 0 Å². The molecule has 1 N–H and O–H groups in total. The van der Waals surface area contributed by atoms with Crippen LogP contribution in [0.15, 0.2) is 21.4 Å². The fourth-order valence-corrected chi connectivity index (χ4v) is 3.85. The largest absolute Gasteiger partial charge is 0.381 e. The molecule has 1 saturated heterocycles. The summed E-state index contributed by atoms with van der Waals surface area (Å²) in [5.74, 6) is 1.49. The summed E-state index contributed by atoms with van der Waals surface area (Å²) in [6.07, 6.45) is 2.15. The highest BCUT2D eigenvalue weighted by atomic mass is 79.9. The Morgan fingerprint density at radius 1 is 1.43 bits per heavy atom. The van der Waals surface area contributed by atoms with Crippen LogP contribution in [-0.4, -0.2) is 28.4 Å². The van der Waals surface area contributed by atoms with E-state index in [1.165, 1.54) is 0 Å². The van der Waals surface area contributed by atoms with Gasteiger partial charge in [0, 0.05) is 22.9 Å². The van der Waals surface area contributed by atoms with Gasteiger partial charge in [-0.2, -0.15) is 11.8 Å². The molecule has 1 fully saturated rings. The predicted octanol–water partition coefficient (Wildman–Crippen LogP) is 3.41. The van der Waals surface area contributed by atoms with E-state index in [0.29, 0.717) is 10.6 Å². The Morgan fingerprint density at radius 2 is 2.19 bits per heavy atom. The number of fused-ring (bicyclic) bond motifs is 1. The molecule has 0 atom stereocenters. The van der Waals surface area contributed by atoms with Crippen molar-refractivity contribution < 1.29 is 4.74 Å². The molecular weight excluding hydrogens is 352 g/mol. The molecule has 1 aliphatic heterocycles. The number of rotatable bonds is 3. The first-order chi connectivity index (χ1) is 10.1. The molecule has 0 spiro atoms. The first-order valence-corrected chi connectivity index (χ1v) is 8.86. The predicted molar refractivity (Wildman–Crippen MR) is 89.9 cm³/mol. The minimum Gasteiger partial charge on any atom is -0.381 e. The normalized spacial score (nSPS) is 16.5. The van der Waals surface area contributed by atoms with Gasteiger partial charge in [-0.15, -0.1) is 0 Å². The molecule has 0 aliphatic carbocycles. The first-order valence-electron chi connectivity index (χ1n) is 7.02. The fourth-order valence-electron chi connectivity index (χ4n) is 2.47. The lowest BCUT2D eigenvalue weighted by Crippen LogP contribution is -2.18. The number of hydrogen-bond acceptors (Lipinski definition) is 4. The van der Waals surface area contributed by atoms with Crippen LogP contribution in [0.3, 0.4) is 0 Å². The summed E-state index contributed by atoms with van der Waals surface area (Å²) < 4.78 is 6.35. The molecule has 0 radical (unpaired) electrons. The zero-order valence-corrected chi connectivity index (χ0v) is 14.2. The van der Waals surface area contributed by atoms with Crippen molar-refractivity contribution in [3.8, 4) is 0 Å². The SMILES string of the molecule is Cc1c(Br)ccc2c(=O)[nH]c(CSC3CCOCC3)nc12. The van der Waals surface area contributed by atoms with E-state index in [1.807, 2.05) is 30.8 Å². The number of halogens is 1. The van der Waals surface area contributed by atoms with Crippen molar-refractivity contribution in [1.82, 2.24) is 9.97 Å². The number of benzene rings is 1. The summed E-state index contributed by atoms with van der Waals surface area (Å²) in [5, 5.41) is 1.25. The van der Waals surface area contributed by atoms with Crippen LogP contribution in [0.5, 0.6) is 0 Å². The van der Waals surface area contributed by atoms with Crippen LogP contribution in [0.25, 0.3) is 10.9 Å². The van der Waals surface area contributed by atoms with E-state index in [1.54, 1.807) is 0 Å². The number of ether oxygens (including phenoxy) is 1. The van der Waals surface area contributed by atoms with Gasteiger partial charge < -0.3 is 9.72 Å². The van der Waals surface area contributed by atoms with Gasteiger partial charge in [0.05, 0.1) is 16.7 Å². The summed E-state index contributed by atoms with van der Waals surface area (Å²) in [6.45, 7) is 3.66. The molecule has 4 nitrogen and oxygen atoms in total. The number of aromatic nitrogens is 2. The minimum atomic E-state index is -0.0572. The summed E-state index contributed by atoms with van der Waals surface area (Å²) in [5.41, 5.74) is 1.74. The van der Waals surface area contributed by atoms with Gasteiger partial charge in [-0.3, -0.25) is 4.79 Å². The monoisotopic (exact) mass is 368 g/mol. The van der Waals surface area contributed by atoms with E-state index >= 15 is 0 Å². The standard InChI is InChI=1S/C15H17BrN2O2S/c1-9-12(16)3-2-11-14(9)17-13(18-15(11)19)8-21-10-4-6-20-7-5-10/h2-3,10H,4-8H2,1H3,(H,17,18,19). The number of thioether (sulfide) groups is 1. The van der Waals surface area contributed by atoms with Gasteiger partial charge in [0.1, 0.15) is 5.82 Å². The second kappa shape index (κ2) is 6.50. The second-order valence-electron chi connectivity index (χ2n) is 5.20. The highest BCUT2D eigenvalue weighted by molar-refractivity contribution is 9.10. The van der Waals surface area contributed by atoms with Crippen LogP contribution in [0.1, 0.15) is 24.2 Å². The van der Waals surface area contributed by atoms with Crippen LogP contribution in [0.4, 0.5) is 0 Å². The van der Waals surface area contributed by atoms with Crippen molar-refractivity contribution in [1.29, 1.82) is 0 Å². The number of H-pyrrole nitrogens is 1. The van der Waals surface area contributed by atoms with E-state index in [0.717, 1.165) is 53.2 Å². The first kappa shape index (κ1) is 15.1. The highest BCUT2D eigenvalue weighted by Gasteiger charge is 2.15. The number of nitrogens with one attached hydrogen (secondary N) is 1. The van der Waals surface area contributed by atoms with Crippen molar-refractivity contribution in [3.05, 3.63) is 38.3 Å². The van der Waals surface area contributed by atoms with Gasteiger partial charge in [0.15, 0.2) is 0 Å². The van der Waals surface area contributed by atoms with Gasteiger partial charge >= 0.3 is 0 Å². The topological polar surface area (TPSA) is 55.0 Å². The van der Waals surface area contributed by atoms with Crippen LogP contribution >= 0.6 is 27.7 Å². The number of aromatic amines is 1. The van der Waals surface area contributed by atoms with Crippen LogP contribution < -0.4 is 5.56 Å². The third-order valence-corrected chi connectivity index (χ3v) is 5.98. The van der Waals surface area contributed by atoms with E-state index in [4.69, 9.17) is 4.74 Å². The number of nitrogens with zero attached hydrogens (tertiary/aromatic N) is 1. The molecule has 1 aromatic carbocycles. The van der Waals surface area contributed by atoms with Gasteiger partial charge in [0.25, 0.3) is 5.56 Å². The lowest BCUT2D eigenvalue weighted by Gasteiger charge is -2.21. The highest BCUT2D eigenvalue weighted by Crippen LogP contribution is 2.26. The number of hydrogen-bond donors (Lipinski definition) is 1. The fraction of sp³-hybridized carbons (Fsp3) is 0.467. The minimum absolute atomic E-state index is 0.0572.